The number of aromatic nitrogens is 1. The van der Waals surface area contributed by atoms with Crippen molar-refractivity contribution in [2.24, 2.45) is 15.2 Å². The van der Waals surface area contributed by atoms with Crippen LogP contribution in [0.3, 0.4) is 0 Å². The predicted molar refractivity (Wildman–Crippen MR) is 99.3 cm³/mol. The third-order valence-electron chi connectivity index (χ3n) is 4.03. The highest BCUT2D eigenvalue weighted by Crippen LogP contribution is 2.24. The van der Waals surface area contributed by atoms with Gasteiger partial charge in [0.25, 0.3) is 0 Å². The van der Waals surface area contributed by atoms with Gasteiger partial charge in [-0.25, -0.2) is 9.35 Å². The number of fused-ring (bicyclic) bond motifs is 1. The molecule has 3 rings (SSSR count). The van der Waals surface area contributed by atoms with Gasteiger partial charge in [0.2, 0.25) is 0 Å². The lowest BCUT2D eigenvalue weighted by atomic mass is 10.0. The molecule has 0 radical (unpaired) electrons. The third-order valence-corrected chi connectivity index (χ3v) is 5.45. The van der Waals surface area contributed by atoms with Crippen LogP contribution in [0.4, 0.5) is 5.69 Å². The smallest absolute Gasteiger partial charge is 0.139 e. The molecule has 1 heterocycles. The van der Waals surface area contributed by atoms with E-state index in [-0.39, 0.29) is 6.04 Å². The Balaban J connectivity index is 1.92. The van der Waals surface area contributed by atoms with Gasteiger partial charge in [-0.15, -0.1) is 0 Å². The van der Waals surface area contributed by atoms with Gasteiger partial charge in [-0.2, -0.15) is 4.36 Å². The highest BCUT2D eigenvalue weighted by Gasteiger charge is 2.10. The van der Waals surface area contributed by atoms with Crippen molar-refractivity contribution in [1.82, 2.24) is 4.98 Å². The summed E-state index contributed by atoms with van der Waals surface area (Å²) >= 11 is 0. The average Bonchev–Trinajstić information content (AvgIpc) is 3.02. The first kappa shape index (κ1) is 16.7. The molecule has 0 aliphatic carbocycles. The van der Waals surface area contributed by atoms with Crippen LogP contribution < -0.4 is 10.9 Å². The van der Waals surface area contributed by atoms with Crippen LogP contribution in [-0.2, 0) is 9.92 Å². The van der Waals surface area contributed by atoms with Gasteiger partial charge >= 0.3 is 0 Å². The lowest BCUT2D eigenvalue weighted by Gasteiger charge is -2.12. The summed E-state index contributed by atoms with van der Waals surface area (Å²) in [6, 6.07) is 14.8. The van der Waals surface area contributed by atoms with Gasteiger partial charge in [0.05, 0.1) is 10.6 Å². The second-order valence-electron chi connectivity index (χ2n) is 5.87. The van der Waals surface area contributed by atoms with E-state index in [2.05, 4.69) is 16.3 Å². The van der Waals surface area contributed by atoms with Crippen LogP contribution in [0.5, 0.6) is 0 Å². The molecule has 5 N–H and O–H groups in total. The Labute approximate surface area is 142 Å². The molecule has 6 heteroatoms. The zero-order valence-electron chi connectivity index (χ0n) is 13.6. The van der Waals surface area contributed by atoms with E-state index in [4.69, 9.17) is 10.9 Å². The first-order valence-electron chi connectivity index (χ1n) is 7.97. The number of benzene rings is 2. The van der Waals surface area contributed by atoms with Crippen LogP contribution >= 0.6 is 0 Å². The molecule has 0 amide bonds. The zero-order valence-corrected chi connectivity index (χ0v) is 14.4. The molecule has 0 bridgehead atoms. The van der Waals surface area contributed by atoms with Gasteiger partial charge in [-0.05, 0) is 47.7 Å². The van der Waals surface area contributed by atoms with Crippen molar-refractivity contribution >= 4 is 26.5 Å². The summed E-state index contributed by atoms with van der Waals surface area (Å²) in [5, 5.41) is 7.07. The van der Waals surface area contributed by atoms with Gasteiger partial charge in [0.1, 0.15) is 9.92 Å². The fourth-order valence-electron chi connectivity index (χ4n) is 2.69. The van der Waals surface area contributed by atoms with E-state index in [9.17, 15) is 4.21 Å². The number of nitrogens with zero attached hydrogens (tertiary/aromatic N) is 1. The molecular formula is C18H22N4OS. The number of nitrogens with one attached hydrogen (secondary N) is 1. The van der Waals surface area contributed by atoms with Gasteiger partial charge in [-0.3, -0.25) is 0 Å². The van der Waals surface area contributed by atoms with Crippen molar-refractivity contribution in [3.63, 3.8) is 0 Å². The highest BCUT2D eigenvalue weighted by atomic mass is 32.2. The first-order valence-corrected chi connectivity index (χ1v) is 9.55. The highest BCUT2D eigenvalue weighted by molar-refractivity contribution is 7.91. The summed E-state index contributed by atoms with van der Waals surface area (Å²) in [5.74, 6) is 0. The van der Waals surface area contributed by atoms with Crippen molar-refractivity contribution in [3.8, 4) is 0 Å². The quantitative estimate of drug-likeness (QED) is 0.653. The second-order valence-corrected chi connectivity index (χ2v) is 7.66. The predicted octanol–water partition coefficient (Wildman–Crippen LogP) is 4.00. The minimum Gasteiger partial charge on any atom is -0.361 e. The molecule has 24 heavy (non-hydrogen) atoms. The molecule has 0 fully saturated rings. The number of hydrogen-bond donors (Lipinski definition) is 3. The Kier molecular flexibility index (Phi) is 4.71. The fraction of sp³-hybridized carbons (Fsp3) is 0.222. The largest absolute Gasteiger partial charge is 0.361 e. The Morgan fingerprint density at radius 1 is 1.17 bits per heavy atom. The van der Waals surface area contributed by atoms with Gasteiger partial charge < -0.3 is 10.7 Å². The number of rotatable bonds is 5. The maximum absolute atomic E-state index is 12.8. The molecular weight excluding hydrogens is 320 g/mol. The topological polar surface area (TPSA) is 97.3 Å². The van der Waals surface area contributed by atoms with Crippen LogP contribution in [-0.4, -0.2) is 9.19 Å². The minimum absolute atomic E-state index is 0.00917. The average molecular weight is 342 g/mol. The second kappa shape index (κ2) is 6.76. The molecule has 5 nitrogen and oxygen atoms in total. The van der Waals surface area contributed by atoms with E-state index in [1.807, 2.05) is 42.6 Å². The maximum Gasteiger partial charge on any atom is 0.139 e. The zero-order chi connectivity index (χ0) is 17.2. The van der Waals surface area contributed by atoms with E-state index in [0.717, 1.165) is 29.3 Å². The number of hydrogen-bond acceptors (Lipinski definition) is 3. The van der Waals surface area contributed by atoms with Crippen LogP contribution in [0.1, 0.15) is 31.4 Å². The first-order chi connectivity index (χ1) is 11.5. The van der Waals surface area contributed by atoms with Crippen molar-refractivity contribution < 1.29 is 4.21 Å². The summed E-state index contributed by atoms with van der Waals surface area (Å²) in [4.78, 5) is 3.61. The lowest BCUT2D eigenvalue weighted by Crippen LogP contribution is -2.13. The summed E-state index contributed by atoms with van der Waals surface area (Å²) in [6.07, 6.45) is 3.79. The Hall–Kier alpha value is -2.15. The Bertz CT molecular complexity index is 953. The monoisotopic (exact) mass is 342 g/mol. The van der Waals surface area contributed by atoms with E-state index in [0.29, 0.717) is 10.6 Å². The molecule has 0 saturated carbocycles. The summed E-state index contributed by atoms with van der Waals surface area (Å²) in [7, 11) is -3.00. The molecule has 3 aromatic rings. The number of nitrogens with two attached hydrogens (primary N) is 2. The molecule has 0 aliphatic heterocycles. The fourth-order valence-corrected chi connectivity index (χ4v) is 3.75. The van der Waals surface area contributed by atoms with Crippen molar-refractivity contribution in [2.45, 2.75) is 30.7 Å². The molecule has 0 aliphatic rings. The standard InChI is InChI=1S/C18H22N4OS/c1-2-3-17(19)13-5-8-16(9-6-13)24(20,23)22-15-7-4-14-10-11-21-18(14)12-15/h4-12,17,21H,2-3,19H2,1H3,(H2,20,22,23). The van der Waals surface area contributed by atoms with E-state index in [1.165, 1.54) is 0 Å². The van der Waals surface area contributed by atoms with Gasteiger partial charge in [0, 0.05) is 17.8 Å². The van der Waals surface area contributed by atoms with Crippen LogP contribution in [0.25, 0.3) is 10.9 Å². The SMILES string of the molecule is CCCC(N)c1ccc(S(N)(=O)=Nc2ccc3cc[nH]c3c2)cc1. The van der Waals surface area contributed by atoms with Crippen LogP contribution in [0.2, 0.25) is 0 Å². The summed E-state index contributed by atoms with van der Waals surface area (Å²) in [5.41, 5.74) is 8.64. The van der Waals surface area contributed by atoms with Crippen molar-refractivity contribution in [1.29, 1.82) is 0 Å². The molecule has 2 unspecified atom stereocenters. The van der Waals surface area contributed by atoms with Crippen molar-refractivity contribution in [3.05, 3.63) is 60.3 Å². The third kappa shape index (κ3) is 3.51. The van der Waals surface area contributed by atoms with E-state index >= 15 is 0 Å². The molecule has 2 aromatic carbocycles. The Morgan fingerprint density at radius 3 is 2.62 bits per heavy atom. The number of H-pyrrole nitrogens is 1. The maximum atomic E-state index is 12.8. The minimum atomic E-state index is -3.00. The van der Waals surface area contributed by atoms with Gasteiger partial charge in [0.15, 0.2) is 0 Å². The molecule has 2 atom stereocenters. The molecule has 1 aromatic heterocycles. The molecule has 0 saturated heterocycles. The van der Waals surface area contributed by atoms with E-state index < -0.39 is 9.92 Å². The van der Waals surface area contributed by atoms with Gasteiger partial charge in [-0.1, -0.05) is 31.5 Å². The normalized spacial score (nSPS) is 15.1. The summed E-state index contributed by atoms with van der Waals surface area (Å²) in [6.45, 7) is 2.10. The van der Waals surface area contributed by atoms with Crippen LogP contribution in [0, 0.1) is 0 Å². The lowest BCUT2D eigenvalue weighted by molar-refractivity contribution is 0.637. The molecule has 126 valence electrons. The molecule has 0 spiro atoms. The van der Waals surface area contributed by atoms with Crippen LogP contribution in [0.15, 0.2) is 64.0 Å². The van der Waals surface area contributed by atoms with E-state index in [1.54, 1.807) is 12.1 Å². The van der Waals surface area contributed by atoms with Crippen molar-refractivity contribution in [2.75, 3.05) is 0 Å². The number of aromatic amines is 1. The summed E-state index contributed by atoms with van der Waals surface area (Å²) < 4.78 is 17.1. The Morgan fingerprint density at radius 2 is 1.92 bits per heavy atom.